The number of fused-ring (bicyclic) bond motifs is 1. The Bertz CT molecular complexity index is 1630. The van der Waals surface area contributed by atoms with Crippen LogP contribution in [0.4, 0.5) is 5.00 Å². The number of methoxy groups -OCH3 is 1. The summed E-state index contributed by atoms with van der Waals surface area (Å²) in [6.07, 6.45) is 3.69. The minimum absolute atomic E-state index is 0.279. The molecule has 0 unspecified atom stereocenters. The first kappa shape index (κ1) is 28.7. The summed E-state index contributed by atoms with van der Waals surface area (Å²) in [7, 11) is 1.66. The van der Waals surface area contributed by atoms with Gasteiger partial charge in [-0.2, -0.15) is 9.61 Å². The van der Waals surface area contributed by atoms with Crippen molar-refractivity contribution in [2.45, 2.75) is 47.0 Å². The zero-order valence-corrected chi connectivity index (χ0v) is 24.6. The van der Waals surface area contributed by atoms with E-state index >= 15 is 0 Å². The number of nitrogens with zero attached hydrogens (tertiary/aromatic N) is 4. The zero-order chi connectivity index (χ0) is 28.3. The number of thiophene rings is 1. The van der Waals surface area contributed by atoms with Gasteiger partial charge < -0.3 is 19.4 Å². The van der Waals surface area contributed by atoms with Crippen LogP contribution in [0.25, 0.3) is 23.0 Å². The molecule has 1 N–H and O–H groups in total. The van der Waals surface area contributed by atoms with Crippen molar-refractivity contribution in [2.24, 2.45) is 0 Å². The van der Waals surface area contributed by atoms with Crippen LogP contribution in [-0.4, -0.2) is 59.6 Å². The predicted molar refractivity (Wildman–Crippen MR) is 157 cm³/mol. The Morgan fingerprint density at radius 1 is 1.15 bits per heavy atom. The maximum Gasteiger partial charge on any atom is 0.278 e. The van der Waals surface area contributed by atoms with Crippen molar-refractivity contribution in [3.05, 3.63) is 72.0 Å². The first-order chi connectivity index (χ1) is 18.5. The molecule has 9 nitrogen and oxygen atoms in total. The molecule has 0 radical (unpaired) electrons. The number of anilines is 1. The summed E-state index contributed by atoms with van der Waals surface area (Å²) in [4.78, 5) is 37.1. The van der Waals surface area contributed by atoms with Crippen LogP contribution in [-0.2, 0) is 14.9 Å². The second kappa shape index (κ2) is 11.8. The second-order valence-electron chi connectivity index (χ2n) is 10.6. The van der Waals surface area contributed by atoms with E-state index in [1.807, 2.05) is 13.0 Å². The lowest BCUT2D eigenvalue weighted by atomic mass is 9.91. The number of likely N-dealkylation sites (N-methyl/N-ethyl adjacent to an activating group) is 1. The zero-order valence-electron chi connectivity index (χ0n) is 23.8. The summed E-state index contributed by atoms with van der Waals surface area (Å²) < 4.78 is 12.1. The summed E-state index contributed by atoms with van der Waals surface area (Å²) in [6.45, 7) is 15.3. The van der Waals surface area contributed by atoms with Crippen molar-refractivity contribution >= 4 is 28.1 Å². The lowest BCUT2D eigenvalue weighted by Gasteiger charge is -2.20. The highest BCUT2D eigenvalue weighted by atomic mass is 32.1. The average Bonchev–Trinajstić information content (AvgIpc) is 3.50. The van der Waals surface area contributed by atoms with Gasteiger partial charge in [0.15, 0.2) is 5.65 Å². The normalized spacial score (nSPS) is 12.5. The standard InChI is InChI=1S/C29H37N5O4S/c1-8-33(11-12-38-14-13-37-7)23-10-9-20(39-23)16-22-25(29(4,5)6)32-34-26(22)31-24(19(3)28(34)36)21-15-18(2)17-30-27(21)35/h9-10,15-17H,8,11-14H2,1-7H3,(H,30,35)/b22-16-. The van der Waals surface area contributed by atoms with E-state index in [9.17, 15) is 9.59 Å². The van der Waals surface area contributed by atoms with E-state index in [1.54, 1.807) is 37.6 Å². The number of hydrogen-bond acceptors (Lipinski definition) is 8. The molecule has 0 spiro atoms. The van der Waals surface area contributed by atoms with E-state index < -0.39 is 0 Å². The molecule has 0 saturated heterocycles. The predicted octanol–water partition coefficient (Wildman–Crippen LogP) is 3.46. The van der Waals surface area contributed by atoms with E-state index in [2.05, 4.69) is 49.7 Å². The first-order valence-electron chi connectivity index (χ1n) is 13.1. The Hall–Kier alpha value is -3.34. The molecule has 0 amide bonds. The molecule has 10 heteroatoms. The van der Waals surface area contributed by atoms with E-state index in [0.29, 0.717) is 42.3 Å². The van der Waals surface area contributed by atoms with Gasteiger partial charge in [0.2, 0.25) is 0 Å². The Kier molecular flexibility index (Phi) is 8.68. The van der Waals surface area contributed by atoms with Gasteiger partial charge in [0, 0.05) is 47.5 Å². The monoisotopic (exact) mass is 551 g/mol. The number of H-pyrrole nitrogens is 1. The van der Waals surface area contributed by atoms with Crippen LogP contribution >= 0.6 is 11.3 Å². The van der Waals surface area contributed by atoms with Gasteiger partial charge in [-0.05, 0) is 50.6 Å². The summed E-state index contributed by atoms with van der Waals surface area (Å²) in [5.74, 6) is 0. The maximum atomic E-state index is 13.5. The van der Waals surface area contributed by atoms with Crippen LogP contribution in [0.2, 0.25) is 0 Å². The largest absolute Gasteiger partial charge is 0.382 e. The molecule has 39 heavy (non-hydrogen) atoms. The molecule has 0 fully saturated rings. The maximum absolute atomic E-state index is 13.5. The van der Waals surface area contributed by atoms with Crippen molar-refractivity contribution in [3.8, 4) is 11.3 Å². The summed E-state index contributed by atoms with van der Waals surface area (Å²) in [5.41, 5.74) is 2.34. The van der Waals surface area contributed by atoms with Gasteiger partial charge in [-0.15, -0.1) is 11.3 Å². The van der Waals surface area contributed by atoms with Crippen molar-refractivity contribution in [1.82, 2.24) is 19.6 Å². The van der Waals surface area contributed by atoms with E-state index in [4.69, 9.17) is 19.6 Å². The van der Waals surface area contributed by atoms with Gasteiger partial charge in [0.1, 0.15) is 0 Å². The highest BCUT2D eigenvalue weighted by molar-refractivity contribution is 7.16. The third-order valence-corrected chi connectivity index (χ3v) is 7.62. The Labute approximate surface area is 232 Å². The molecule has 4 aromatic heterocycles. The van der Waals surface area contributed by atoms with E-state index in [-0.39, 0.29) is 16.5 Å². The number of pyridine rings is 1. The van der Waals surface area contributed by atoms with Crippen molar-refractivity contribution in [1.29, 1.82) is 0 Å². The summed E-state index contributed by atoms with van der Waals surface area (Å²) >= 11 is 1.66. The van der Waals surface area contributed by atoms with Crippen LogP contribution in [0.3, 0.4) is 0 Å². The summed E-state index contributed by atoms with van der Waals surface area (Å²) in [5, 5.41) is 6.64. The topological polar surface area (TPSA) is 102 Å². The Morgan fingerprint density at radius 2 is 1.92 bits per heavy atom. The molecule has 0 aliphatic carbocycles. The molecule has 0 aliphatic rings. The van der Waals surface area contributed by atoms with Gasteiger partial charge in [-0.25, -0.2) is 4.98 Å². The molecule has 208 valence electrons. The fourth-order valence-corrected chi connectivity index (χ4v) is 5.45. The smallest absolute Gasteiger partial charge is 0.278 e. The minimum atomic E-state index is -0.337. The van der Waals surface area contributed by atoms with Crippen LogP contribution < -0.4 is 21.2 Å². The van der Waals surface area contributed by atoms with E-state index in [0.717, 1.165) is 39.4 Å². The molecule has 0 atom stereocenters. The van der Waals surface area contributed by atoms with Crippen LogP contribution in [0.1, 0.15) is 49.4 Å². The molecule has 4 aromatic rings. The van der Waals surface area contributed by atoms with Gasteiger partial charge in [0.05, 0.1) is 41.8 Å². The van der Waals surface area contributed by atoms with Crippen LogP contribution in [0, 0.1) is 13.8 Å². The molecule has 4 heterocycles. The molecule has 0 aromatic carbocycles. The quantitative estimate of drug-likeness (QED) is 0.301. The third-order valence-electron chi connectivity index (χ3n) is 6.53. The lowest BCUT2D eigenvalue weighted by Crippen LogP contribution is -2.26. The number of aromatic nitrogens is 4. The summed E-state index contributed by atoms with van der Waals surface area (Å²) in [6, 6.07) is 5.94. The van der Waals surface area contributed by atoms with Gasteiger partial charge in [-0.3, -0.25) is 9.59 Å². The van der Waals surface area contributed by atoms with Gasteiger partial charge >= 0.3 is 0 Å². The number of ether oxygens (including phenoxy) is 2. The van der Waals surface area contributed by atoms with Crippen molar-refractivity contribution in [2.75, 3.05) is 44.9 Å². The number of nitrogens with one attached hydrogen (secondary N) is 1. The third kappa shape index (κ3) is 6.13. The molecule has 0 aliphatic heterocycles. The van der Waals surface area contributed by atoms with Gasteiger partial charge in [-0.1, -0.05) is 20.8 Å². The SMILES string of the molecule is CCN(CCOCCOC)c1ccc(/C=c2/c(C(C)(C)C)nn3c(=O)c(C)c(-c4cc(C)c[nH]c4=O)nc23)s1. The number of aromatic amines is 1. The minimum Gasteiger partial charge on any atom is -0.382 e. The molecule has 4 rings (SSSR count). The fraction of sp³-hybridized carbons (Fsp3) is 0.448. The Balaban J connectivity index is 1.83. The fourth-order valence-electron chi connectivity index (χ4n) is 4.41. The molecular formula is C29H37N5O4S. The Morgan fingerprint density at radius 3 is 2.62 bits per heavy atom. The molecular weight excluding hydrogens is 514 g/mol. The number of hydrogen-bond donors (Lipinski definition) is 1. The lowest BCUT2D eigenvalue weighted by molar-refractivity contribution is 0.0741. The van der Waals surface area contributed by atoms with Crippen molar-refractivity contribution in [3.63, 3.8) is 0 Å². The first-order valence-corrected chi connectivity index (χ1v) is 13.9. The highest BCUT2D eigenvalue weighted by Gasteiger charge is 2.24. The average molecular weight is 552 g/mol. The van der Waals surface area contributed by atoms with Crippen molar-refractivity contribution < 1.29 is 9.47 Å². The number of rotatable bonds is 10. The molecule has 0 bridgehead atoms. The highest BCUT2D eigenvalue weighted by Crippen LogP contribution is 2.27. The van der Waals surface area contributed by atoms with E-state index in [1.165, 1.54) is 4.52 Å². The second-order valence-corrected chi connectivity index (χ2v) is 11.7. The van der Waals surface area contributed by atoms with Gasteiger partial charge in [0.25, 0.3) is 11.1 Å². The molecule has 0 saturated carbocycles. The number of aryl methyl sites for hydroxylation is 1. The van der Waals surface area contributed by atoms with Crippen LogP contribution in [0.15, 0.2) is 34.0 Å². The van der Waals surface area contributed by atoms with Crippen LogP contribution in [0.5, 0.6) is 0 Å².